The molecule has 132 valence electrons. The number of thioether (sulfide) groups is 1. The van der Waals surface area contributed by atoms with Crippen molar-refractivity contribution in [2.24, 2.45) is 11.1 Å². The summed E-state index contributed by atoms with van der Waals surface area (Å²) in [5, 5.41) is 3.06. The molecule has 3 atom stereocenters. The lowest BCUT2D eigenvalue weighted by Crippen LogP contribution is -2.75. The van der Waals surface area contributed by atoms with Crippen molar-refractivity contribution in [1.29, 1.82) is 0 Å². The highest BCUT2D eigenvalue weighted by atomic mass is 32.2. The summed E-state index contributed by atoms with van der Waals surface area (Å²) < 4.78 is 19.7. The van der Waals surface area contributed by atoms with Crippen LogP contribution in [-0.2, 0) is 9.53 Å². The molecule has 0 saturated heterocycles. The quantitative estimate of drug-likeness (QED) is 0.874. The zero-order valence-electron chi connectivity index (χ0n) is 14.4. The average Bonchev–Trinajstić information content (AvgIpc) is 2.55. The number of nitrogens with two attached hydrogens (primary N) is 1. The normalized spacial score (nSPS) is 31.0. The zero-order chi connectivity index (χ0) is 17.5. The van der Waals surface area contributed by atoms with Crippen molar-refractivity contribution in [3.05, 3.63) is 29.6 Å². The van der Waals surface area contributed by atoms with Crippen molar-refractivity contribution in [3.8, 4) is 0 Å². The standard InChI is InChI=1S/C18H25FN2O2S/c1-4-23-14-10-18(20,17(14,2)3)16(22)21-13-8-9-24-15-11(13)6-5-7-12(15)19/h5-7,13-14H,4,8-10,20H2,1-3H3,(H,21,22). The third-order valence-electron chi connectivity index (χ3n) is 5.57. The van der Waals surface area contributed by atoms with Crippen LogP contribution in [0.25, 0.3) is 0 Å². The van der Waals surface area contributed by atoms with Crippen LogP contribution in [-0.4, -0.2) is 29.9 Å². The van der Waals surface area contributed by atoms with E-state index in [-0.39, 0.29) is 23.9 Å². The SMILES string of the molecule is CCOC1CC(N)(C(=O)NC2CCSc3c(F)cccc32)C1(C)C. The molecule has 0 bridgehead atoms. The monoisotopic (exact) mass is 352 g/mol. The van der Waals surface area contributed by atoms with Crippen LogP contribution in [0, 0.1) is 11.2 Å². The third-order valence-corrected chi connectivity index (χ3v) is 6.73. The molecule has 1 aliphatic heterocycles. The summed E-state index contributed by atoms with van der Waals surface area (Å²) in [5.74, 6) is 0.386. The first-order valence-electron chi connectivity index (χ1n) is 8.44. The van der Waals surface area contributed by atoms with Gasteiger partial charge in [-0.15, -0.1) is 11.8 Å². The minimum Gasteiger partial charge on any atom is -0.378 e. The second-order valence-electron chi connectivity index (χ2n) is 7.16. The van der Waals surface area contributed by atoms with Gasteiger partial charge in [0.05, 0.1) is 12.1 Å². The van der Waals surface area contributed by atoms with E-state index in [4.69, 9.17) is 10.5 Å². The molecule has 0 aromatic heterocycles. The van der Waals surface area contributed by atoms with Crippen LogP contribution in [0.15, 0.2) is 23.1 Å². The number of benzene rings is 1. The molecule has 4 nitrogen and oxygen atoms in total. The van der Waals surface area contributed by atoms with Gasteiger partial charge in [-0.05, 0) is 25.0 Å². The Bertz CT molecular complexity index is 652. The minimum atomic E-state index is -0.953. The van der Waals surface area contributed by atoms with E-state index in [2.05, 4.69) is 5.32 Å². The molecule has 1 aromatic carbocycles. The lowest BCUT2D eigenvalue weighted by Gasteiger charge is -2.57. The Labute approximate surface area is 146 Å². The Kier molecular flexibility index (Phi) is 4.66. The molecule has 0 radical (unpaired) electrons. The second kappa shape index (κ2) is 6.32. The Balaban J connectivity index is 1.76. The fourth-order valence-electron chi connectivity index (χ4n) is 3.64. The van der Waals surface area contributed by atoms with Gasteiger partial charge in [-0.1, -0.05) is 26.0 Å². The first kappa shape index (κ1) is 17.7. The van der Waals surface area contributed by atoms with Gasteiger partial charge in [-0.2, -0.15) is 0 Å². The van der Waals surface area contributed by atoms with Gasteiger partial charge >= 0.3 is 0 Å². The van der Waals surface area contributed by atoms with Crippen molar-refractivity contribution in [1.82, 2.24) is 5.32 Å². The van der Waals surface area contributed by atoms with E-state index in [9.17, 15) is 9.18 Å². The highest BCUT2D eigenvalue weighted by Crippen LogP contribution is 2.50. The lowest BCUT2D eigenvalue weighted by atomic mass is 9.54. The molecular formula is C18H25FN2O2S. The van der Waals surface area contributed by atoms with Crippen LogP contribution in [0.5, 0.6) is 0 Å². The number of halogens is 1. The molecule has 6 heteroatoms. The number of fused-ring (bicyclic) bond motifs is 1. The van der Waals surface area contributed by atoms with E-state index in [1.165, 1.54) is 17.8 Å². The van der Waals surface area contributed by atoms with Gasteiger partial charge in [0, 0.05) is 29.1 Å². The highest BCUT2D eigenvalue weighted by Gasteiger charge is 2.63. The van der Waals surface area contributed by atoms with Gasteiger partial charge in [0.1, 0.15) is 11.4 Å². The van der Waals surface area contributed by atoms with Crippen LogP contribution in [0.1, 0.15) is 45.2 Å². The summed E-state index contributed by atoms with van der Waals surface area (Å²) in [7, 11) is 0. The number of rotatable bonds is 4. The van der Waals surface area contributed by atoms with Crippen LogP contribution in [0.4, 0.5) is 4.39 Å². The van der Waals surface area contributed by atoms with E-state index in [0.29, 0.717) is 17.9 Å². The van der Waals surface area contributed by atoms with Crippen LogP contribution in [0.2, 0.25) is 0 Å². The Morgan fingerprint density at radius 1 is 1.50 bits per heavy atom. The summed E-state index contributed by atoms with van der Waals surface area (Å²) in [5.41, 5.74) is 5.91. The first-order chi connectivity index (χ1) is 11.3. The number of amides is 1. The predicted molar refractivity (Wildman–Crippen MR) is 93.4 cm³/mol. The fraction of sp³-hybridized carbons (Fsp3) is 0.611. The zero-order valence-corrected chi connectivity index (χ0v) is 15.2. The largest absolute Gasteiger partial charge is 0.378 e. The molecule has 0 spiro atoms. The van der Waals surface area contributed by atoms with Crippen LogP contribution in [0.3, 0.4) is 0 Å². The predicted octanol–water partition coefficient (Wildman–Crippen LogP) is 3.01. The van der Waals surface area contributed by atoms with E-state index in [0.717, 1.165) is 17.7 Å². The Morgan fingerprint density at radius 2 is 2.25 bits per heavy atom. The molecule has 24 heavy (non-hydrogen) atoms. The van der Waals surface area contributed by atoms with E-state index >= 15 is 0 Å². The Hall–Kier alpha value is -1.11. The molecular weight excluding hydrogens is 327 g/mol. The topological polar surface area (TPSA) is 64.3 Å². The highest BCUT2D eigenvalue weighted by molar-refractivity contribution is 7.99. The summed E-state index contributed by atoms with van der Waals surface area (Å²) >= 11 is 1.50. The fourth-order valence-corrected chi connectivity index (χ4v) is 4.78. The molecule has 1 aliphatic carbocycles. The maximum atomic E-state index is 14.0. The van der Waals surface area contributed by atoms with Crippen LogP contribution >= 0.6 is 11.8 Å². The van der Waals surface area contributed by atoms with Gasteiger partial charge in [-0.25, -0.2) is 4.39 Å². The van der Waals surface area contributed by atoms with E-state index in [1.54, 1.807) is 6.07 Å². The van der Waals surface area contributed by atoms with E-state index in [1.807, 2.05) is 26.8 Å². The molecule has 3 rings (SSSR count). The van der Waals surface area contributed by atoms with Gasteiger partial charge in [0.25, 0.3) is 0 Å². The van der Waals surface area contributed by atoms with Crippen molar-refractivity contribution in [2.45, 2.75) is 56.2 Å². The van der Waals surface area contributed by atoms with Gasteiger partial charge in [0.2, 0.25) is 5.91 Å². The lowest BCUT2D eigenvalue weighted by molar-refractivity contribution is -0.171. The molecule has 3 N–H and O–H groups in total. The summed E-state index contributed by atoms with van der Waals surface area (Å²) in [6, 6.07) is 4.85. The van der Waals surface area contributed by atoms with Crippen molar-refractivity contribution < 1.29 is 13.9 Å². The van der Waals surface area contributed by atoms with Gasteiger partial charge < -0.3 is 15.8 Å². The summed E-state index contributed by atoms with van der Waals surface area (Å²) in [6.07, 6.45) is 1.28. The summed E-state index contributed by atoms with van der Waals surface area (Å²) in [4.78, 5) is 13.5. The number of carbonyl (C=O) groups is 1. The molecule has 1 fully saturated rings. The molecule has 1 aromatic rings. The molecule has 1 heterocycles. The number of nitrogens with one attached hydrogen (secondary N) is 1. The number of carbonyl (C=O) groups excluding carboxylic acids is 1. The Morgan fingerprint density at radius 3 is 2.92 bits per heavy atom. The molecule has 2 aliphatic rings. The number of hydrogen-bond acceptors (Lipinski definition) is 4. The van der Waals surface area contributed by atoms with Crippen molar-refractivity contribution in [3.63, 3.8) is 0 Å². The van der Waals surface area contributed by atoms with Gasteiger partial charge in [-0.3, -0.25) is 4.79 Å². The van der Waals surface area contributed by atoms with Gasteiger partial charge in [0.15, 0.2) is 0 Å². The minimum absolute atomic E-state index is 0.00936. The van der Waals surface area contributed by atoms with Crippen LogP contribution < -0.4 is 11.1 Å². The second-order valence-corrected chi connectivity index (χ2v) is 8.27. The van der Waals surface area contributed by atoms with E-state index < -0.39 is 11.0 Å². The maximum absolute atomic E-state index is 14.0. The number of ether oxygens (including phenoxy) is 1. The summed E-state index contributed by atoms with van der Waals surface area (Å²) in [6.45, 7) is 6.50. The van der Waals surface area contributed by atoms with Crippen molar-refractivity contribution >= 4 is 17.7 Å². The molecule has 3 unspecified atom stereocenters. The first-order valence-corrected chi connectivity index (χ1v) is 9.42. The maximum Gasteiger partial charge on any atom is 0.241 e. The smallest absolute Gasteiger partial charge is 0.241 e. The number of hydrogen-bond donors (Lipinski definition) is 2. The third kappa shape index (κ3) is 2.65. The average molecular weight is 352 g/mol. The molecule has 1 amide bonds. The molecule has 1 saturated carbocycles. The van der Waals surface area contributed by atoms with Crippen molar-refractivity contribution in [2.75, 3.05) is 12.4 Å².